The molecule has 1 amide bonds. The lowest BCUT2D eigenvalue weighted by atomic mass is 10.1. The molecule has 0 radical (unpaired) electrons. The third-order valence-electron chi connectivity index (χ3n) is 2.26. The first-order valence-electron chi connectivity index (χ1n) is 5.32. The van der Waals surface area contributed by atoms with Crippen LogP contribution >= 0.6 is 11.3 Å². The van der Waals surface area contributed by atoms with Gasteiger partial charge in [-0.25, -0.2) is 8.78 Å². The predicted octanol–water partition coefficient (Wildman–Crippen LogP) is 2.62. The van der Waals surface area contributed by atoms with Crippen molar-refractivity contribution in [2.45, 2.75) is 19.8 Å². The number of carboxylic acids is 1. The molecule has 0 saturated heterocycles. The average Bonchev–Trinajstić information content (AvgIpc) is 2.75. The molecule has 1 N–H and O–H groups in total. The number of halogens is 2. The number of alkyl halides is 2. The minimum absolute atomic E-state index is 0.107. The summed E-state index contributed by atoms with van der Waals surface area (Å²) in [6.07, 6.45) is -2.17. The Kier molecular flexibility index (Phi) is 5.21. The van der Waals surface area contributed by atoms with Crippen LogP contribution in [0.4, 0.5) is 8.78 Å². The third kappa shape index (κ3) is 3.49. The molecule has 1 rings (SSSR count). The predicted molar refractivity (Wildman–Crippen MR) is 63.1 cm³/mol. The first-order chi connectivity index (χ1) is 8.47. The summed E-state index contributed by atoms with van der Waals surface area (Å²) in [5.41, 5.74) is -0.443. The molecule has 0 aromatic carbocycles. The molecule has 1 heterocycles. The number of aliphatic carboxylic acids is 1. The maximum absolute atomic E-state index is 12.7. The highest BCUT2D eigenvalue weighted by atomic mass is 32.1. The lowest BCUT2D eigenvalue weighted by molar-refractivity contribution is -0.137. The summed E-state index contributed by atoms with van der Waals surface area (Å²) in [6.45, 7) is 1.53. The summed E-state index contributed by atoms with van der Waals surface area (Å²) in [5, 5.41) is 11.2. The van der Waals surface area contributed by atoms with Crippen LogP contribution in [0, 0.1) is 0 Å². The highest BCUT2D eigenvalue weighted by molar-refractivity contribution is 7.08. The summed E-state index contributed by atoms with van der Waals surface area (Å²) in [6, 6.07) is 0. The van der Waals surface area contributed by atoms with E-state index in [4.69, 9.17) is 5.11 Å². The molecule has 0 aliphatic heterocycles. The van der Waals surface area contributed by atoms with Crippen LogP contribution in [0.25, 0.3) is 0 Å². The Labute approximate surface area is 107 Å². The van der Waals surface area contributed by atoms with E-state index in [-0.39, 0.29) is 17.7 Å². The SMILES string of the molecule is CCCN(CC(=O)O)C(=O)c1cscc1C(F)F. The van der Waals surface area contributed by atoms with Crippen LogP contribution in [-0.2, 0) is 4.79 Å². The summed E-state index contributed by atoms with van der Waals surface area (Å²) < 4.78 is 25.3. The van der Waals surface area contributed by atoms with Crippen molar-refractivity contribution < 1.29 is 23.5 Å². The van der Waals surface area contributed by atoms with E-state index in [2.05, 4.69) is 0 Å². The Bertz CT molecular complexity index is 434. The topological polar surface area (TPSA) is 57.6 Å². The van der Waals surface area contributed by atoms with E-state index in [1.807, 2.05) is 0 Å². The molecule has 0 aliphatic carbocycles. The number of nitrogens with zero attached hydrogens (tertiary/aromatic N) is 1. The van der Waals surface area contributed by atoms with Gasteiger partial charge in [-0.05, 0) is 6.42 Å². The van der Waals surface area contributed by atoms with Gasteiger partial charge in [0.15, 0.2) is 0 Å². The zero-order valence-corrected chi connectivity index (χ0v) is 10.5. The van der Waals surface area contributed by atoms with Gasteiger partial charge in [-0.15, -0.1) is 0 Å². The van der Waals surface area contributed by atoms with Gasteiger partial charge in [0.05, 0.1) is 5.56 Å². The summed E-state index contributed by atoms with van der Waals surface area (Å²) >= 11 is 1.00. The Balaban J connectivity index is 2.94. The van der Waals surface area contributed by atoms with Crippen molar-refractivity contribution in [1.82, 2.24) is 4.90 Å². The van der Waals surface area contributed by atoms with Gasteiger partial charge in [-0.3, -0.25) is 9.59 Å². The van der Waals surface area contributed by atoms with Crippen LogP contribution in [0.2, 0.25) is 0 Å². The van der Waals surface area contributed by atoms with Gasteiger partial charge >= 0.3 is 5.97 Å². The second kappa shape index (κ2) is 6.44. The first kappa shape index (κ1) is 14.6. The Hall–Kier alpha value is -1.50. The highest BCUT2D eigenvalue weighted by Gasteiger charge is 2.24. The van der Waals surface area contributed by atoms with Crippen molar-refractivity contribution in [1.29, 1.82) is 0 Å². The monoisotopic (exact) mass is 277 g/mol. The van der Waals surface area contributed by atoms with Crippen LogP contribution in [0.1, 0.15) is 35.7 Å². The molecule has 0 bridgehead atoms. The number of rotatable bonds is 6. The van der Waals surface area contributed by atoms with E-state index in [0.717, 1.165) is 16.2 Å². The van der Waals surface area contributed by atoms with E-state index in [0.29, 0.717) is 6.42 Å². The Morgan fingerprint density at radius 3 is 2.61 bits per heavy atom. The minimum atomic E-state index is -2.73. The first-order valence-corrected chi connectivity index (χ1v) is 6.27. The van der Waals surface area contributed by atoms with Gasteiger partial charge in [0.1, 0.15) is 6.54 Å². The van der Waals surface area contributed by atoms with Gasteiger partial charge in [0.2, 0.25) is 0 Å². The molecule has 0 fully saturated rings. The normalized spacial score (nSPS) is 10.7. The van der Waals surface area contributed by atoms with E-state index < -0.39 is 24.8 Å². The van der Waals surface area contributed by atoms with Gasteiger partial charge in [0, 0.05) is 22.9 Å². The fourth-order valence-corrected chi connectivity index (χ4v) is 2.32. The van der Waals surface area contributed by atoms with Crippen molar-refractivity contribution in [2.75, 3.05) is 13.1 Å². The van der Waals surface area contributed by atoms with E-state index >= 15 is 0 Å². The van der Waals surface area contributed by atoms with Crippen LogP contribution in [0.15, 0.2) is 10.8 Å². The number of thiophene rings is 1. The highest BCUT2D eigenvalue weighted by Crippen LogP contribution is 2.27. The van der Waals surface area contributed by atoms with Gasteiger partial charge < -0.3 is 10.0 Å². The average molecular weight is 277 g/mol. The molecule has 0 spiro atoms. The fourth-order valence-electron chi connectivity index (χ4n) is 1.51. The summed E-state index contributed by atoms with van der Waals surface area (Å²) in [5.74, 6) is -1.82. The Morgan fingerprint density at radius 1 is 1.44 bits per heavy atom. The molecule has 0 aliphatic rings. The van der Waals surface area contributed by atoms with Gasteiger partial charge in [-0.1, -0.05) is 6.92 Å². The molecule has 7 heteroatoms. The van der Waals surface area contributed by atoms with Crippen LogP contribution in [0.5, 0.6) is 0 Å². The molecular formula is C11H13F2NO3S. The largest absolute Gasteiger partial charge is 0.480 e. The van der Waals surface area contributed by atoms with Crippen molar-refractivity contribution in [3.8, 4) is 0 Å². The Morgan fingerprint density at radius 2 is 2.11 bits per heavy atom. The molecule has 0 unspecified atom stereocenters. The molecular weight excluding hydrogens is 264 g/mol. The van der Waals surface area contributed by atoms with Crippen LogP contribution < -0.4 is 0 Å². The zero-order chi connectivity index (χ0) is 13.7. The van der Waals surface area contributed by atoms with E-state index in [1.165, 1.54) is 10.8 Å². The second-order valence-corrected chi connectivity index (χ2v) is 4.41. The number of amides is 1. The standard InChI is InChI=1S/C11H13F2NO3S/c1-2-3-14(4-9(15)16)11(17)8-6-18-5-7(8)10(12)13/h5-6,10H,2-4H2,1H3,(H,15,16). The van der Waals surface area contributed by atoms with E-state index in [9.17, 15) is 18.4 Å². The molecule has 4 nitrogen and oxygen atoms in total. The fraction of sp³-hybridized carbons (Fsp3) is 0.455. The number of carboxylic acid groups (broad SMARTS) is 1. The maximum atomic E-state index is 12.7. The van der Waals surface area contributed by atoms with Crippen LogP contribution in [-0.4, -0.2) is 35.0 Å². The lowest BCUT2D eigenvalue weighted by Gasteiger charge is -2.20. The van der Waals surface area contributed by atoms with Gasteiger partial charge in [0.25, 0.3) is 12.3 Å². The van der Waals surface area contributed by atoms with Gasteiger partial charge in [-0.2, -0.15) is 11.3 Å². The van der Waals surface area contributed by atoms with Crippen molar-refractivity contribution >= 4 is 23.2 Å². The summed E-state index contributed by atoms with van der Waals surface area (Å²) in [4.78, 5) is 23.7. The molecule has 1 aromatic rings. The number of hydrogen-bond donors (Lipinski definition) is 1. The van der Waals surface area contributed by atoms with E-state index in [1.54, 1.807) is 6.92 Å². The quantitative estimate of drug-likeness (QED) is 0.869. The second-order valence-electron chi connectivity index (χ2n) is 3.66. The molecule has 0 saturated carbocycles. The summed E-state index contributed by atoms with van der Waals surface area (Å²) in [7, 11) is 0. The number of carbonyl (C=O) groups is 2. The maximum Gasteiger partial charge on any atom is 0.323 e. The molecule has 1 aromatic heterocycles. The van der Waals surface area contributed by atoms with Crippen molar-refractivity contribution in [3.63, 3.8) is 0 Å². The minimum Gasteiger partial charge on any atom is -0.480 e. The molecule has 0 atom stereocenters. The molecule has 18 heavy (non-hydrogen) atoms. The number of hydrogen-bond acceptors (Lipinski definition) is 3. The lowest BCUT2D eigenvalue weighted by Crippen LogP contribution is -2.36. The molecule has 100 valence electrons. The number of carbonyl (C=O) groups excluding carboxylic acids is 1. The zero-order valence-electron chi connectivity index (χ0n) is 9.73. The van der Waals surface area contributed by atoms with Crippen molar-refractivity contribution in [2.24, 2.45) is 0 Å². The van der Waals surface area contributed by atoms with Crippen molar-refractivity contribution in [3.05, 3.63) is 21.9 Å². The third-order valence-corrected chi connectivity index (χ3v) is 3.03. The van der Waals surface area contributed by atoms with Crippen LogP contribution in [0.3, 0.4) is 0 Å². The smallest absolute Gasteiger partial charge is 0.323 e.